The molecule has 9 heteroatoms. The van der Waals surface area contributed by atoms with Crippen molar-refractivity contribution in [2.75, 3.05) is 18.4 Å². The number of ketones is 1. The maximum absolute atomic E-state index is 13.3. The molecule has 2 aliphatic heterocycles. The van der Waals surface area contributed by atoms with Crippen LogP contribution in [0.2, 0.25) is 0 Å². The number of piperidine rings is 1. The van der Waals surface area contributed by atoms with Crippen LogP contribution in [0, 0.1) is 0 Å². The van der Waals surface area contributed by atoms with E-state index in [1.165, 1.54) is 16.7 Å². The molecule has 4 amide bonds. The van der Waals surface area contributed by atoms with Crippen LogP contribution in [-0.4, -0.2) is 63.6 Å². The smallest absolute Gasteiger partial charge is 0.325 e. The number of carbonyl (C=O) groups is 4. The summed E-state index contributed by atoms with van der Waals surface area (Å²) in [6.07, 6.45) is 4.67. The van der Waals surface area contributed by atoms with Gasteiger partial charge in [-0.3, -0.25) is 24.3 Å². The molecule has 0 saturated carbocycles. The molecule has 2 fully saturated rings. The molecule has 4 rings (SSSR count). The first-order valence-corrected chi connectivity index (χ1v) is 10.6. The maximum atomic E-state index is 13.3. The van der Waals surface area contributed by atoms with Gasteiger partial charge in [0.05, 0.1) is 12.6 Å². The van der Waals surface area contributed by atoms with Crippen LogP contribution in [0.25, 0.3) is 0 Å². The number of hydrogen-bond donors (Lipinski definition) is 2. The summed E-state index contributed by atoms with van der Waals surface area (Å²) in [7, 11) is 0. The van der Waals surface area contributed by atoms with Crippen molar-refractivity contribution in [1.29, 1.82) is 0 Å². The van der Waals surface area contributed by atoms with E-state index in [2.05, 4.69) is 15.6 Å². The van der Waals surface area contributed by atoms with Gasteiger partial charge in [0.25, 0.3) is 0 Å². The van der Waals surface area contributed by atoms with Crippen LogP contribution < -0.4 is 10.6 Å². The summed E-state index contributed by atoms with van der Waals surface area (Å²) < 4.78 is 0. The average Bonchev–Trinajstić information content (AvgIpc) is 2.80. The lowest BCUT2D eigenvalue weighted by atomic mass is 9.93. The minimum Gasteiger partial charge on any atom is -0.325 e. The van der Waals surface area contributed by atoms with E-state index < -0.39 is 12.1 Å². The fraction of sp³-hybridized carbons (Fsp3) is 0.348. The minimum absolute atomic E-state index is 0.103. The number of nitrogens with zero attached hydrogens (tertiary/aromatic N) is 3. The standard InChI is InChI=1S/C23H25N5O4/c1-15(29)17-4-2-5-18(12-17)26-20(30)14-27-19-6-3-9-25-21(19)22(31)28(23(27)32)13-16-7-10-24-11-8-16/h2,4-5,7-8,10-12,19,21,25H,3,6,9,13-14H2,1H3,(H,26,30). The monoisotopic (exact) mass is 435 g/mol. The highest BCUT2D eigenvalue weighted by Crippen LogP contribution is 2.26. The van der Waals surface area contributed by atoms with E-state index in [4.69, 9.17) is 0 Å². The Morgan fingerprint density at radius 2 is 1.97 bits per heavy atom. The molecule has 9 nitrogen and oxygen atoms in total. The van der Waals surface area contributed by atoms with Gasteiger partial charge in [-0.05, 0) is 56.1 Å². The predicted molar refractivity (Wildman–Crippen MR) is 117 cm³/mol. The van der Waals surface area contributed by atoms with E-state index >= 15 is 0 Å². The molecule has 0 bridgehead atoms. The minimum atomic E-state index is -0.544. The first kappa shape index (κ1) is 21.6. The normalized spacial score (nSPS) is 20.7. The summed E-state index contributed by atoms with van der Waals surface area (Å²) in [6, 6.07) is 8.74. The van der Waals surface area contributed by atoms with E-state index in [0.717, 1.165) is 12.0 Å². The zero-order chi connectivity index (χ0) is 22.7. The Bertz CT molecular complexity index is 1040. The molecule has 2 N–H and O–H groups in total. The van der Waals surface area contributed by atoms with Crippen molar-refractivity contribution in [3.8, 4) is 0 Å². The second-order valence-electron chi connectivity index (χ2n) is 8.02. The summed E-state index contributed by atoms with van der Waals surface area (Å²) >= 11 is 0. The maximum Gasteiger partial charge on any atom is 0.327 e. The molecule has 2 aliphatic rings. The van der Waals surface area contributed by atoms with Crippen molar-refractivity contribution in [2.24, 2.45) is 0 Å². The second-order valence-corrected chi connectivity index (χ2v) is 8.02. The zero-order valence-electron chi connectivity index (χ0n) is 17.8. The van der Waals surface area contributed by atoms with Crippen LogP contribution in [0.5, 0.6) is 0 Å². The molecule has 1 aromatic carbocycles. The summed E-state index contributed by atoms with van der Waals surface area (Å²) in [5, 5.41) is 5.97. The zero-order valence-corrected chi connectivity index (χ0v) is 17.8. The Kier molecular flexibility index (Phi) is 6.27. The number of nitrogens with one attached hydrogen (secondary N) is 2. The molecule has 166 valence electrons. The second kappa shape index (κ2) is 9.27. The number of benzene rings is 1. The van der Waals surface area contributed by atoms with Gasteiger partial charge in [0.1, 0.15) is 12.6 Å². The fourth-order valence-electron chi connectivity index (χ4n) is 4.19. The van der Waals surface area contributed by atoms with Crippen molar-refractivity contribution in [3.05, 3.63) is 59.9 Å². The number of fused-ring (bicyclic) bond motifs is 1. The third-order valence-electron chi connectivity index (χ3n) is 5.79. The third-order valence-corrected chi connectivity index (χ3v) is 5.79. The van der Waals surface area contributed by atoms with Gasteiger partial charge >= 0.3 is 6.03 Å². The number of carbonyl (C=O) groups excluding carboxylic acids is 4. The number of hydrogen-bond acceptors (Lipinski definition) is 6. The third kappa shape index (κ3) is 4.52. The van der Waals surface area contributed by atoms with Gasteiger partial charge in [-0.15, -0.1) is 0 Å². The fourth-order valence-corrected chi connectivity index (χ4v) is 4.19. The Hall–Kier alpha value is -3.59. The van der Waals surface area contributed by atoms with Gasteiger partial charge in [0.2, 0.25) is 11.8 Å². The molecular formula is C23H25N5O4. The molecule has 32 heavy (non-hydrogen) atoms. The van der Waals surface area contributed by atoms with Crippen molar-refractivity contribution in [2.45, 2.75) is 38.4 Å². The Morgan fingerprint density at radius 1 is 1.19 bits per heavy atom. The van der Waals surface area contributed by atoms with Gasteiger partial charge in [0.15, 0.2) is 5.78 Å². The molecule has 0 radical (unpaired) electrons. The summed E-state index contributed by atoms with van der Waals surface area (Å²) in [6.45, 7) is 2.07. The van der Waals surface area contributed by atoms with Crippen LogP contribution in [-0.2, 0) is 16.1 Å². The van der Waals surface area contributed by atoms with Crippen molar-refractivity contribution in [3.63, 3.8) is 0 Å². The number of imide groups is 1. The highest BCUT2D eigenvalue weighted by atomic mass is 16.2. The molecule has 0 aliphatic carbocycles. The average molecular weight is 435 g/mol. The molecule has 2 unspecified atom stereocenters. The first-order chi connectivity index (χ1) is 15.4. The van der Waals surface area contributed by atoms with Gasteiger partial charge in [-0.2, -0.15) is 0 Å². The van der Waals surface area contributed by atoms with Gasteiger partial charge < -0.3 is 15.5 Å². The molecule has 0 spiro atoms. The van der Waals surface area contributed by atoms with E-state index in [0.29, 0.717) is 24.2 Å². The van der Waals surface area contributed by atoms with Crippen molar-refractivity contribution >= 4 is 29.3 Å². The number of pyridine rings is 1. The molecule has 2 aromatic rings. The van der Waals surface area contributed by atoms with Crippen LogP contribution in [0.3, 0.4) is 0 Å². The van der Waals surface area contributed by atoms with Crippen molar-refractivity contribution in [1.82, 2.24) is 20.1 Å². The Morgan fingerprint density at radius 3 is 2.72 bits per heavy atom. The Balaban J connectivity index is 1.53. The molecule has 2 atom stereocenters. The summed E-state index contributed by atoms with van der Waals surface area (Å²) in [5.74, 6) is -0.766. The first-order valence-electron chi connectivity index (χ1n) is 10.6. The quantitative estimate of drug-likeness (QED) is 0.670. The lowest BCUT2D eigenvalue weighted by molar-refractivity contribution is -0.138. The van der Waals surface area contributed by atoms with E-state index in [1.807, 2.05) is 0 Å². The number of rotatable bonds is 6. The van der Waals surface area contributed by atoms with Crippen LogP contribution in [0.1, 0.15) is 35.7 Å². The van der Waals surface area contributed by atoms with Gasteiger partial charge in [-0.25, -0.2) is 4.79 Å². The summed E-state index contributed by atoms with van der Waals surface area (Å²) in [4.78, 5) is 57.4. The van der Waals surface area contributed by atoms with E-state index in [-0.39, 0.29) is 36.7 Å². The SMILES string of the molecule is CC(=O)c1cccc(NC(=O)CN2C(=O)N(Cc3ccncc3)C(=O)C3NCCCC32)c1. The summed E-state index contributed by atoms with van der Waals surface area (Å²) in [5.41, 5.74) is 1.75. The largest absolute Gasteiger partial charge is 0.327 e. The van der Waals surface area contributed by atoms with Gasteiger partial charge in [0, 0.05) is 23.6 Å². The number of anilines is 1. The van der Waals surface area contributed by atoms with Crippen molar-refractivity contribution < 1.29 is 19.2 Å². The Labute approximate surface area is 185 Å². The van der Waals surface area contributed by atoms with E-state index in [9.17, 15) is 19.2 Å². The topological polar surface area (TPSA) is 112 Å². The number of urea groups is 1. The number of amides is 4. The lowest BCUT2D eigenvalue weighted by Crippen LogP contribution is -2.70. The predicted octanol–water partition coefficient (Wildman–Crippen LogP) is 1.81. The van der Waals surface area contributed by atoms with Crippen LogP contribution in [0.4, 0.5) is 10.5 Å². The molecule has 2 saturated heterocycles. The molecule has 3 heterocycles. The van der Waals surface area contributed by atoms with Crippen LogP contribution in [0.15, 0.2) is 48.8 Å². The highest BCUT2D eigenvalue weighted by Gasteiger charge is 2.47. The van der Waals surface area contributed by atoms with E-state index in [1.54, 1.807) is 48.8 Å². The highest BCUT2D eigenvalue weighted by molar-refractivity contribution is 6.03. The molecular weight excluding hydrogens is 410 g/mol. The molecule has 1 aromatic heterocycles. The van der Waals surface area contributed by atoms with Gasteiger partial charge in [-0.1, -0.05) is 12.1 Å². The van der Waals surface area contributed by atoms with Crippen LogP contribution >= 0.6 is 0 Å². The lowest BCUT2D eigenvalue weighted by Gasteiger charge is -2.46. The number of Topliss-reactive ketones (excluding diaryl/α,β-unsaturated/α-hetero) is 1. The number of aromatic nitrogens is 1.